The number of benzene rings is 2. The Morgan fingerprint density at radius 2 is 1.10 bits per heavy atom. The lowest BCUT2D eigenvalue weighted by atomic mass is 9.97. The Kier molecular flexibility index (Phi) is 14.9. The normalized spacial score (nSPS) is 25.9. The van der Waals surface area contributed by atoms with Crippen LogP contribution in [0.25, 0.3) is 22.1 Å². The molecule has 2 aromatic carbocycles. The van der Waals surface area contributed by atoms with Crippen molar-refractivity contribution in [1.29, 1.82) is 0 Å². The van der Waals surface area contributed by atoms with Gasteiger partial charge in [-0.15, -0.1) is 0 Å². The van der Waals surface area contributed by atoms with Crippen LogP contribution in [0.1, 0.15) is 48.5 Å². The highest BCUT2D eigenvalue weighted by Crippen LogP contribution is 2.40. The number of ether oxygens (including phenoxy) is 12. The molecule has 0 amide bonds. The summed E-state index contributed by atoms with van der Waals surface area (Å²) in [6, 6.07) is 9.60. The highest BCUT2D eigenvalue weighted by atomic mass is 16.8. The zero-order valence-electron chi connectivity index (χ0n) is 34.7. The lowest BCUT2D eigenvalue weighted by Crippen LogP contribution is -2.64. The minimum Gasteiger partial charge on any atom is -0.497 e. The van der Waals surface area contributed by atoms with Gasteiger partial charge in [-0.3, -0.25) is 33.6 Å². The highest BCUT2D eigenvalue weighted by Gasteiger charge is 2.55. The minimum atomic E-state index is -1.75. The molecule has 0 spiro atoms. The zero-order chi connectivity index (χ0) is 44.7. The smallest absolute Gasteiger partial charge is 0.303 e. The molecule has 10 unspecified atom stereocenters. The van der Waals surface area contributed by atoms with Gasteiger partial charge in [-0.2, -0.15) is 0 Å². The minimum absolute atomic E-state index is 0.0321. The molecule has 2 aliphatic rings. The Labute approximate surface area is 348 Å². The van der Waals surface area contributed by atoms with Crippen LogP contribution in [-0.2, 0) is 71.4 Å². The molecule has 0 aliphatic carbocycles. The molecule has 1 aromatic heterocycles. The van der Waals surface area contributed by atoms with Crippen molar-refractivity contribution >= 4 is 46.8 Å². The van der Waals surface area contributed by atoms with Crippen molar-refractivity contribution in [2.45, 2.75) is 110 Å². The third-order valence-electron chi connectivity index (χ3n) is 9.27. The lowest BCUT2D eigenvalue weighted by molar-refractivity contribution is -0.323. The molecular weight excluding hydrogens is 812 g/mol. The molecule has 2 fully saturated rings. The van der Waals surface area contributed by atoms with Crippen molar-refractivity contribution in [1.82, 2.24) is 0 Å². The van der Waals surface area contributed by atoms with Crippen molar-refractivity contribution < 1.29 is 90.0 Å². The largest absolute Gasteiger partial charge is 0.497 e. The Bertz CT molecular complexity index is 2160. The molecule has 0 N–H and O–H groups in total. The van der Waals surface area contributed by atoms with E-state index in [-0.39, 0.29) is 28.0 Å². The molecule has 20 nitrogen and oxygen atoms in total. The molecule has 3 aromatic rings. The molecule has 20 heteroatoms. The van der Waals surface area contributed by atoms with Crippen LogP contribution in [-0.4, -0.2) is 118 Å². The summed E-state index contributed by atoms with van der Waals surface area (Å²) in [5.41, 5.74) is 0.164. The van der Waals surface area contributed by atoms with Crippen molar-refractivity contribution in [2.24, 2.45) is 0 Å². The molecule has 61 heavy (non-hydrogen) atoms. The van der Waals surface area contributed by atoms with Crippen molar-refractivity contribution in [3.63, 3.8) is 0 Å². The second-order valence-corrected chi connectivity index (χ2v) is 13.8. The van der Waals surface area contributed by atoms with Crippen LogP contribution in [0.4, 0.5) is 0 Å². The summed E-state index contributed by atoms with van der Waals surface area (Å²) >= 11 is 0. The summed E-state index contributed by atoms with van der Waals surface area (Å²) < 4.78 is 74.7. The number of carbonyl (C=O) groups is 6. The fourth-order valence-electron chi connectivity index (χ4n) is 6.89. The molecule has 2 aliphatic heterocycles. The molecule has 0 saturated carbocycles. The van der Waals surface area contributed by atoms with Crippen LogP contribution in [0.3, 0.4) is 0 Å². The van der Waals surface area contributed by atoms with Gasteiger partial charge in [-0.25, -0.2) is 0 Å². The van der Waals surface area contributed by atoms with E-state index in [1.807, 2.05) is 0 Å². The van der Waals surface area contributed by atoms with Crippen LogP contribution in [0.15, 0.2) is 51.9 Å². The number of hydrogen-bond donors (Lipinski definition) is 0. The summed E-state index contributed by atoms with van der Waals surface area (Å²) in [6.45, 7) is 7.34. The maximum Gasteiger partial charge on any atom is 0.303 e. The average Bonchev–Trinajstić information content (AvgIpc) is 3.18. The summed E-state index contributed by atoms with van der Waals surface area (Å²) in [7, 11) is 2.83. The summed E-state index contributed by atoms with van der Waals surface area (Å²) in [5, 5.41) is 0.0487. The molecule has 0 radical (unpaired) electrons. The number of rotatable bonds is 14. The summed E-state index contributed by atoms with van der Waals surface area (Å²) in [4.78, 5) is 88.3. The van der Waals surface area contributed by atoms with E-state index in [0.29, 0.717) is 11.3 Å². The first-order valence-electron chi connectivity index (χ1n) is 18.8. The van der Waals surface area contributed by atoms with Crippen LogP contribution in [0.2, 0.25) is 0 Å². The maximum absolute atomic E-state index is 13.9. The molecule has 330 valence electrons. The third-order valence-corrected chi connectivity index (χ3v) is 9.27. The van der Waals surface area contributed by atoms with Gasteiger partial charge in [-0.05, 0) is 36.8 Å². The highest BCUT2D eigenvalue weighted by molar-refractivity contribution is 5.88. The van der Waals surface area contributed by atoms with E-state index in [0.717, 1.165) is 41.5 Å². The molecule has 0 bridgehead atoms. The van der Waals surface area contributed by atoms with Gasteiger partial charge in [0.15, 0.2) is 48.1 Å². The van der Waals surface area contributed by atoms with Crippen molar-refractivity contribution in [3.05, 3.63) is 52.9 Å². The van der Waals surface area contributed by atoms with Gasteiger partial charge in [0.2, 0.25) is 23.6 Å². The zero-order valence-corrected chi connectivity index (χ0v) is 34.7. The number of esters is 6. The van der Waals surface area contributed by atoms with Crippen LogP contribution in [0, 0.1) is 0 Å². The number of fused-ring (bicyclic) bond motifs is 1. The van der Waals surface area contributed by atoms with E-state index in [9.17, 15) is 33.6 Å². The lowest BCUT2D eigenvalue weighted by Gasteiger charge is -2.46. The fraction of sp³-hybridized carbons (Fsp3) is 0.488. The van der Waals surface area contributed by atoms with Crippen molar-refractivity contribution in [2.75, 3.05) is 20.8 Å². The first-order chi connectivity index (χ1) is 28.9. The Morgan fingerprint density at radius 3 is 1.64 bits per heavy atom. The Morgan fingerprint density at radius 1 is 0.590 bits per heavy atom. The molecule has 10 atom stereocenters. The molecule has 5 rings (SSSR count). The SMILES string of the molecule is COc1ccc(-c2coc3c(OC4OC(COC5OC(C)C(OC(C)=O)C(OC(C)=O)C5OC(C)=O)C(OC(C)=O)C(OC(C)=O)C4OC(C)=O)c(OC)ccc3c2=O)cc1. The fourth-order valence-corrected chi connectivity index (χ4v) is 6.89. The topological polar surface area (TPSA) is 243 Å². The molecular formula is C41H46O20. The van der Waals surface area contributed by atoms with E-state index in [1.54, 1.807) is 24.3 Å². The number of methoxy groups -OCH3 is 2. The van der Waals surface area contributed by atoms with E-state index in [4.69, 9.17) is 61.3 Å². The van der Waals surface area contributed by atoms with Crippen LogP contribution >= 0.6 is 0 Å². The maximum atomic E-state index is 13.9. The quantitative estimate of drug-likeness (QED) is 0.167. The van der Waals surface area contributed by atoms with E-state index < -0.39 is 109 Å². The van der Waals surface area contributed by atoms with Gasteiger partial charge < -0.3 is 61.3 Å². The second kappa shape index (κ2) is 19.9. The third kappa shape index (κ3) is 10.9. The summed E-state index contributed by atoms with van der Waals surface area (Å²) in [6.07, 6.45) is -13.7. The predicted octanol–water partition coefficient (Wildman–Crippen LogP) is 2.93. The van der Waals surface area contributed by atoms with E-state index >= 15 is 0 Å². The average molecular weight is 859 g/mol. The second-order valence-electron chi connectivity index (χ2n) is 13.8. The first-order valence-corrected chi connectivity index (χ1v) is 18.8. The Balaban J connectivity index is 1.57. The predicted molar refractivity (Wildman–Crippen MR) is 204 cm³/mol. The van der Waals surface area contributed by atoms with Gasteiger partial charge in [0.05, 0.1) is 37.9 Å². The van der Waals surface area contributed by atoms with Crippen molar-refractivity contribution in [3.8, 4) is 28.4 Å². The number of carbonyl (C=O) groups excluding carboxylic acids is 6. The van der Waals surface area contributed by atoms with Gasteiger partial charge in [0.25, 0.3) is 0 Å². The van der Waals surface area contributed by atoms with E-state index in [1.165, 1.54) is 39.5 Å². The molecule has 3 heterocycles. The van der Waals surface area contributed by atoms with E-state index in [2.05, 4.69) is 0 Å². The first kappa shape index (κ1) is 45.8. The standard InChI is InChI=1S/C41H46O20/c1-18-32(54-19(2)42)36(56-21(4)44)38(58-23(6)46)40(53-18)52-17-30-35(55-20(3)43)37(57-22(5)45)39(59-24(7)47)41(60-30)61-34-29(50-9)15-14-27-31(48)28(16-51-33(27)34)25-10-12-26(49-8)13-11-25/h10-16,18,30,32,35-41H,17H2,1-9H3. The van der Waals surface area contributed by atoms with Crippen LogP contribution in [0.5, 0.6) is 17.2 Å². The van der Waals surface area contributed by atoms with Gasteiger partial charge >= 0.3 is 35.8 Å². The molecule has 2 saturated heterocycles. The van der Waals surface area contributed by atoms with Gasteiger partial charge in [0.1, 0.15) is 18.1 Å². The number of hydrogen-bond acceptors (Lipinski definition) is 20. The Hall–Kier alpha value is -6.25. The van der Waals surface area contributed by atoms with Crippen LogP contribution < -0.4 is 19.6 Å². The van der Waals surface area contributed by atoms with Gasteiger partial charge in [0, 0.05) is 41.5 Å². The van der Waals surface area contributed by atoms with Gasteiger partial charge in [-0.1, -0.05) is 12.1 Å². The monoisotopic (exact) mass is 858 g/mol. The summed E-state index contributed by atoms with van der Waals surface area (Å²) in [5.74, 6) is -4.65.